The fourth-order valence-electron chi connectivity index (χ4n) is 10.7. The first kappa shape index (κ1) is 51.6. The summed E-state index contributed by atoms with van der Waals surface area (Å²) in [7, 11) is 0. The highest BCUT2D eigenvalue weighted by molar-refractivity contribution is 6.28. The van der Waals surface area contributed by atoms with Gasteiger partial charge in [0.1, 0.15) is 0 Å². The molecule has 0 fully saturated rings. The molecule has 12 heteroatoms. The number of benzene rings is 12. The van der Waals surface area contributed by atoms with Crippen molar-refractivity contribution in [1.82, 2.24) is 0 Å². The van der Waals surface area contributed by atoms with Gasteiger partial charge in [0.2, 0.25) is 0 Å². The van der Waals surface area contributed by atoms with Gasteiger partial charge >= 0.3 is 12.4 Å². The molecule has 0 saturated heterocycles. The molecular weight excluding hydrogens is 1040 g/mol. The van der Waals surface area contributed by atoms with E-state index in [1.165, 1.54) is 24.3 Å². The predicted octanol–water partition coefficient (Wildman–Crippen LogP) is 19.7. The minimum absolute atomic E-state index is 0.417. The van der Waals surface area contributed by atoms with E-state index in [-0.39, 0.29) is 0 Å². The number of hydrogen-bond donors (Lipinski definition) is 0. The number of hydrogen-bond acceptors (Lipinski definition) is 6. The van der Waals surface area contributed by atoms with Crippen LogP contribution >= 0.6 is 0 Å². The molecule has 12 aromatic carbocycles. The Balaban J connectivity index is 1.11. The average Bonchev–Trinajstić information content (AvgIpc) is 2.13. The highest BCUT2D eigenvalue weighted by Gasteiger charge is 2.32. The van der Waals surface area contributed by atoms with Gasteiger partial charge in [0, 0.05) is 33.5 Å². The van der Waals surface area contributed by atoms with E-state index >= 15 is 0 Å². The lowest BCUT2D eigenvalue weighted by molar-refractivity contribution is -0.138. The molecule has 0 bridgehead atoms. The van der Waals surface area contributed by atoms with Gasteiger partial charge in [0.05, 0.1) is 69.0 Å². The molecule has 0 heterocycles. The average molecular weight is 1080 g/mol. The molecule has 0 N–H and O–H groups in total. The van der Waals surface area contributed by atoms with Crippen molar-refractivity contribution in [3.63, 3.8) is 0 Å². The Bertz CT molecular complexity index is 4150. The van der Waals surface area contributed by atoms with Gasteiger partial charge < -0.3 is 9.80 Å². The van der Waals surface area contributed by atoms with E-state index in [4.69, 9.17) is 0 Å². The zero-order valence-corrected chi connectivity index (χ0v) is 42.9. The molecule has 0 unspecified atom stereocenters. The van der Waals surface area contributed by atoms with E-state index < -0.39 is 23.5 Å². The fraction of sp³-hybridized carbons (Fsp3) is 0.0286. The summed E-state index contributed by atoms with van der Waals surface area (Å²) >= 11 is 0. The minimum atomic E-state index is -4.61. The second-order valence-corrected chi connectivity index (χ2v) is 19.6. The maximum Gasteiger partial charge on any atom is 0.416 e. The number of nitrogens with zero attached hydrogens (tertiary/aromatic N) is 6. The van der Waals surface area contributed by atoms with Crippen LogP contribution in [0.25, 0.3) is 76.8 Å². The van der Waals surface area contributed by atoms with Crippen LogP contribution in [-0.4, -0.2) is 0 Å². The molecule has 0 atom stereocenters. The summed E-state index contributed by atoms with van der Waals surface area (Å²) < 4.78 is 85.7. The molecule has 0 aromatic heterocycles. The third-order valence-electron chi connectivity index (χ3n) is 14.7. The number of nitriles is 4. The lowest BCUT2D eigenvalue weighted by Gasteiger charge is -2.30. The van der Waals surface area contributed by atoms with Crippen LogP contribution in [0.5, 0.6) is 0 Å². The van der Waals surface area contributed by atoms with E-state index in [0.29, 0.717) is 56.4 Å². The van der Waals surface area contributed by atoms with Crippen molar-refractivity contribution in [2.75, 3.05) is 9.80 Å². The SMILES string of the molecule is N#Cc1ccc(-c2cc(-c3ccc(C#N)cc3)cc(N(c3ccc(C(F)(F)F)cc3)c3ccc4ccc5c(N(c6ccc(C(F)(F)F)cc6)c6cc(-c7ccc(C#N)cc7)cc(-c7ccc(C#N)cc7)c6)ccc6ccc3c4c65)c2)cc1. The van der Waals surface area contributed by atoms with Crippen molar-refractivity contribution >= 4 is 66.4 Å². The van der Waals surface area contributed by atoms with Gasteiger partial charge in [-0.1, -0.05) is 84.9 Å². The van der Waals surface area contributed by atoms with E-state index in [2.05, 4.69) is 24.3 Å². The maximum absolute atomic E-state index is 14.3. The third-order valence-corrected chi connectivity index (χ3v) is 14.7. The molecule has 390 valence electrons. The lowest BCUT2D eigenvalue weighted by atomic mass is 9.91. The van der Waals surface area contributed by atoms with Crippen molar-refractivity contribution in [3.05, 3.63) is 264 Å². The number of anilines is 6. The molecule has 0 spiro atoms. The third kappa shape index (κ3) is 9.68. The van der Waals surface area contributed by atoms with Gasteiger partial charge in [0.25, 0.3) is 0 Å². The highest BCUT2D eigenvalue weighted by Crippen LogP contribution is 2.50. The van der Waals surface area contributed by atoms with Gasteiger partial charge in [-0.15, -0.1) is 0 Å². The van der Waals surface area contributed by atoms with Crippen LogP contribution in [0.4, 0.5) is 60.5 Å². The molecule has 0 saturated carbocycles. The van der Waals surface area contributed by atoms with Crippen LogP contribution in [0.3, 0.4) is 0 Å². The summed E-state index contributed by atoms with van der Waals surface area (Å²) in [6, 6.07) is 74.5. The summed E-state index contributed by atoms with van der Waals surface area (Å²) in [5.41, 5.74) is 9.52. The second-order valence-electron chi connectivity index (χ2n) is 19.6. The zero-order chi connectivity index (χ0) is 56.9. The molecular formula is C70H38F6N6. The monoisotopic (exact) mass is 1080 g/mol. The Kier molecular flexibility index (Phi) is 12.9. The molecule has 0 aliphatic carbocycles. The quantitative estimate of drug-likeness (QED) is 0.0999. The van der Waals surface area contributed by atoms with E-state index in [1.807, 2.05) is 143 Å². The van der Waals surface area contributed by atoms with Crippen molar-refractivity contribution in [3.8, 4) is 68.8 Å². The predicted molar refractivity (Wildman–Crippen MR) is 310 cm³/mol. The standard InChI is InChI=1S/C70H38F6N6/c71-69(72,73)57-21-25-59(26-22-57)81(61-35-53(47-9-1-43(39-77)2-10-47)33-54(36-61)48-11-3-44(40-78)4-12-48)65-31-19-51-18-30-64-66(32-20-52-17-29-63(65)67(51)68(52)64)82(60-27-23-58(24-28-60)70(74,75)76)62-37-55(49-13-5-45(41-79)6-14-49)34-56(38-62)50-15-7-46(42-80)8-16-50/h1-38H. The van der Waals surface area contributed by atoms with Crippen molar-refractivity contribution in [1.29, 1.82) is 21.0 Å². The van der Waals surface area contributed by atoms with Gasteiger partial charge in [-0.3, -0.25) is 0 Å². The summed E-state index contributed by atoms with van der Waals surface area (Å²) in [6.07, 6.45) is -9.23. The van der Waals surface area contributed by atoms with Crippen LogP contribution in [0.1, 0.15) is 33.4 Å². The Labute approximate surface area is 466 Å². The fourth-order valence-corrected chi connectivity index (χ4v) is 10.7. The van der Waals surface area contributed by atoms with Crippen molar-refractivity contribution in [2.45, 2.75) is 12.4 Å². The van der Waals surface area contributed by atoms with Crippen LogP contribution in [0.2, 0.25) is 0 Å². The van der Waals surface area contributed by atoms with Gasteiger partial charge in [-0.05, 0) is 212 Å². The highest BCUT2D eigenvalue weighted by atomic mass is 19.4. The second kappa shape index (κ2) is 20.6. The van der Waals surface area contributed by atoms with E-state index in [1.54, 1.807) is 48.5 Å². The van der Waals surface area contributed by atoms with E-state index in [9.17, 15) is 47.4 Å². The van der Waals surface area contributed by atoms with Gasteiger partial charge in [0.15, 0.2) is 0 Å². The number of halogens is 6. The Morgan fingerprint density at radius 3 is 0.793 bits per heavy atom. The largest absolute Gasteiger partial charge is 0.416 e. The molecule has 0 aliphatic rings. The molecule has 82 heavy (non-hydrogen) atoms. The Hall–Kier alpha value is -11.2. The number of alkyl halides is 6. The van der Waals surface area contributed by atoms with Gasteiger partial charge in [-0.25, -0.2) is 0 Å². The topological polar surface area (TPSA) is 102 Å². The van der Waals surface area contributed by atoms with Crippen LogP contribution < -0.4 is 9.80 Å². The van der Waals surface area contributed by atoms with Crippen molar-refractivity contribution < 1.29 is 26.3 Å². The van der Waals surface area contributed by atoms with Crippen molar-refractivity contribution in [2.24, 2.45) is 0 Å². The summed E-state index contributed by atoms with van der Waals surface area (Å²) in [6.45, 7) is 0. The summed E-state index contributed by atoms with van der Waals surface area (Å²) in [5, 5.41) is 43.5. The summed E-state index contributed by atoms with van der Waals surface area (Å²) in [4.78, 5) is 3.84. The molecule has 0 aliphatic heterocycles. The van der Waals surface area contributed by atoms with Gasteiger partial charge in [-0.2, -0.15) is 47.4 Å². The normalized spacial score (nSPS) is 11.5. The maximum atomic E-state index is 14.3. The molecule has 12 aromatic rings. The smallest absolute Gasteiger partial charge is 0.310 e. The van der Waals surface area contributed by atoms with Crippen LogP contribution in [-0.2, 0) is 12.4 Å². The first-order chi connectivity index (χ1) is 39.7. The first-order valence-electron chi connectivity index (χ1n) is 25.7. The molecule has 12 rings (SSSR count). The molecule has 6 nitrogen and oxygen atoms in total. The molecule has 0 amide bonds. The van der Waals surface area contributed by atoms with E-state index in [0.717, 1.165) is 101 Å². The van der Waals surface area contributed by atoms with Crippen LogP contribution in [0, 0.1) is 45.3 Å². The Morgan fingerprint density at radius 1 is 0.268 bits per heavy atom. The Morgan fingerprint density at radius 2 is 0.537 bits per heavy atom. The molecule has 0 radical (unpaired) electrons. The first-order valence-corrected chi connectivity index (χ1v) is 25.7. The minimum Gasteiger partial charge on any atom is -0.310 e. The summed E-state index contributed by atoms with van der Waals surface area (Å²) in [5.74, 6) is 0. The number of rotatable bonds is 10. The van der Waals surface area contributed by atoms with Crippen LogP contribution in [0.15, 0.2) is 231 Å². The zero-order valence-electron chi connectivity index (χ0n) is 42.9. The lowest BCUT2D eigenvalue weighted by Crippen LogP contribution is -2.13.